The summed E-state index contributed by atoms with van der Waals surface area (Å²) in [5.41, 5.74) is -0.509. The van der Waals surface area contributed by atoms with Crippen LogP contribution >= 0.6 is 0 Å². The third-order valence-electron chi connectivity index (χ3n) is 4.90. The number of carboxylic acids is 1. The first-order valence-electron chi connectivity index (χ1n) is 10.0. The molecular formula is C17H15NO19S4. The van der Waals surface area contributed by atoms with Crippen molar-refractivity contribution in [2.75, 3.05) is 0 Å². The second-order valence-corrected chi connectivity index (χ2v) is 11.9. The van der Waals surface area contributed by atoms with Gasteiger partial charge in [0.05, 0.1) is 0 Å². The van der Waals surface area contributed by atoms with Gasteiger partial charge in [0.2, 0.25) is 5.75 Å². The highest BCUT2D eigenvalue weighted by Crippen LogP contribution is 2.42. The fourth-order valence-corrected chi connectivity index (χ4v) is 4.99. The zero-order valence-electron chi connectivity index (χ0n) is 19.4. The van der Waals surface area contributed by atoms with Crippen LogP contribution in [0, 0.1) is 0 Å². The number of aliphatic carboxylic acids is 1. The summed E-state index contributed by atoms with van der Waals surface area (Å²) in [6.45, 7) is -0.538. The summed E-state index contributed by atoms with van der Waals surface area (Å²) in [5, 5.41) is 9.72. The maximum Gasteiger partial charge on any atom is 0.446 e. The predicted octanol–water partition coefficient (Wildman–Crippen LogP) is -0.935. The van der Waals surface area contributed by atoms with Crippen molar-refractivity contribution in [3.05, 3.63) is 47.0 Å². The highest BCUT2D eigenvalue weighted by molar-refractivity contribution is 7.82. The number of benzene rings is 2. The van der Waals surface area contributed by atoms with Gasteiger partial charge in [0.25, 0.3) is 5.91 Å². The Morgan fingerprint density at radius 1 is 0.707 bits per heavy atom. The van der Waals surface area contributed by atoms with Crippen molar-refractivity contribution in [2.24, 2.45) is 0 Å². The van der Waals surface area contributed by atoms with E-state index in [9.17, 15) is 48.4 Å². The Hall–Kier alpha value is -3.78. The van der Waals surface area contributed by atoms with Gasteiger partial charge in [0.15, 0.2) is 11.5 Å². The van der Waals surface area contributed by atoms with E-state index in [2.05, 4.69) is 16.7 Å². The van der Waals surface area contributed by atoms with E-state index in [1.807, 2.05) is 0 Å². The molecule has 1 aliphatic heterocycles. The lowest BCUT2D eigenvalue weighted by Gasteiger charge is -2.34. The Morgan fingerprint density at radius 3 is 1.63 bits per heavy atom. The second kappa shape index (κ2) is 10.9. The van der Waals surface area contributed by atoms with Crippen LogP contribution in [0.5, 0.6) is 23.0 Å². The van der Waals surface area contributed by atoms with Crippen LogP contribution in [0.4, 0.5) is 0 Å². The van der Waals surface area contributed by atoms with Gasteiger partial charge in [-0.25, -0.2) is 4.79 Å². The predicted molar refractivity (Wildman–Crippen MR) is 127 cm³/mol. The smallest absolute Gasteiger partial charge is 0.446 e. The van der Waals surface area contributed by atoms with Gasteiger partial charge in [-0.3, -0.25) is 23.0 Å². The maximum absolute atomic E-state index is 13.4. The van der Waals surface area contributed by atoms with Crippen molar-refractivity contribution in [3.63, 3.8) is 0 Å². The molecule has 0 bridgehead atoms. The molecular weight excluding hydrogens is 650 g/mol. The van der Waals surface area contributed by atoms with Gasteiger partial charge in [0.1, 0.15) is 11.8 Å². The number of rotatable bonds is 10. The standard InChI is InChI=1S/C17H15NO19S4/c19-16(18-7-8-1-2-11(34-38(22,23)24)3-9(8)4-12(18)17(20)21)10-5-13(35-39(25,26)27)15(37-41(31,32)33)14(6-10)36-40(28,29)30/h1-3,5-6,12H,4,7H2,(H,20,21)(H,22,23,24)(H,25,26,27)(H,28,29,30)(H,31,32,33). The number of nitrogens with zero attached hydrogens (tertiary/aromatic N) is 1. The molecule has 2 aromatic rings. The largest absolute Gasteiger partial charge is 0.480 e. The zero-order chi connectivity index (χ0) is 31.1. The summed E-state index contributed by atoms with van der Waals surface area (Å²) in [4.78, 5) is 26.0. The SMILES string of the molecule is O=C(O)C1Cc2cc(OS(=O)(=O)O)ccc2CN1C(=O)c1cc(OS(=O)(=O)O)c(OS(=O)(=O)O)c(OS(=O)(=O)O)c1. The van der Waals surface area contributed by atoms with Gasteiger partial charge in [0, 0.05) is 18.5 Å². The first-order chi connectivity index (χ1) is 18.5. The van der Waals surface area contributed by atoms with Crippen molar-refractivity contribution in [2.45, 2.75) is 19.0 Å². The van der Waals surface area contributed by atoms with Crippen molar-refractivity contribution in [3.8, 4) is 23.0 Å². The Balaban J connectivity index is 2.16. The van der Waals surface area contributed by atoms with Gasteiger partial charge >= 0.3 is 47.6 Å². The number of hydrogen-bond donors (Lipinski definition) is 5. The number of hydrogen-bond acceptors (Lipinski definition) is 14. The number of carboxylic acid groups (broad SMARTS) is 1. The minimum Gasteiger partial charge on any atom is -0.480 e. The minimum atomic E-state index is -5.60. The summed E-state index contributed by atoms with van der Waals surface area (Å²) >= 11 is 0. The van der Waals surface area contributed by atoms with E-state index in [1.165, 1.54) is 6.07 Å². The van der Waals surface area contributed by atoms with Crippen LogP contribution in [-0.4, -0.2) is 79.8 Å². The Kier molecular flexibility index (Phi) is 8.43. The minimum absolute atomic E-state index is 0.158. The fourth-order valence-electron chi connectivity index (χ4n) is 3.57. The number of carbonyl (C=O) groups excluding carboxylic acids is 1. The van der Waals surface area contributed by atoms with Crippen molar-refractivity contribution >= 4 is 53.5 Å². The number of carbonyl (C=O) groups is 2. The first-order valence-corrected chi connectivity index (χ1v) is 15.5. The Bertz CT molecular complexity index is 1790. The lowest BCUT2D eigenvalue weighted by molar-refractivity contribution is -0.142. The summed E-state index contributed by atoms with van der Waals surface area (Å²) in [6.07, 6.45) is -0.494. The molecule has 0 aliphatic carbocycles. The summed E-state index contributed by atoms with van der Waals surface area (Å²) in [6, 6.07) is 2.26. The van der Waals surface area contributed by atoms with Gasteiger partial charge in [-0.15, -0.1) is 0 Å². The normalized spacial score (nSPS) is 15.9. The van der Waals surface area contributed by atoms with Crippen LogP contribution in [0.25, 0.3) is 0 Å². The molecule has 2 aromatic carbocycles. The average molecular weight is 666 g/mol. The highest BCUT2D eigenvalue weighted by Gasteiger charge is 2.37. The lowest BCUT2D eigenvalue weighted by Crippen LogP contribution is -2.48. The van der Waals surface area contributed by atoms with Crippen molar-refractivity contribution in [1.82, 2.24) is 4.90 Å². The van der Waals surface area contributed by atoms with Crippen LogP contribution in [0.3, 0.4) is 0 Å². The maximum atomic E-state index is 13.4. The Morgan fingerprint density at radius 2 is 1.20 bits per heavy atom. The van der Waals surface area contributed by atoms with E-state index >= 15 is 0 Å². The molecule has 0 aromatic heterocycles. The van der Waals surface area contributed by atoms with E-state index < -0.39 is 101 Å². The van der Waals surface area contributed by atoms with E-state index in [1.54, 1.807) is 0 Å². The molecule has 3 rings (SSSR count). The van der Waals surface area contributed by atoms with Crippen LogP contribution < -0.4 is 16.7 Å². The molecule has 1 aliphatic rings. The molecule has 24 heteroatoms. The Labute approximate surface area is 230 Å². The zero-order valence-corrected chi connectivity index (χ0v) is 22.7. The highest BCUT2D eigenvalue weighted by atomic mass is 32.3. The fraction of sp³-hybridized carbons (Fsp3) is 0.176. The van der Waals surface area contributed by atoms with Crippen LogP contribution in [0.15, 0.2) is 30.3 Å². The molecule has 20 nitrogen and oxygen atoms in total. The molecule has 41 heavy (non-hydrogen) atoms. The topological polar surface area (TPSA) is 312 Å². The molecule has 0 spiro atoms. The third kappa shape index (κ3) is 8.85. The lowest BCUT2D eigenvalue weighted by atomic mass is 9.93. The van der Waals surface area contributed by atoms with Gasteiger partial charge in [-0.2, -0.15) is 33.7 Å². The summed E-state index contributed by atoms with van der Waals surface area (Å²) in [5.74, 6) is -7.91. The number of amides is 1. The van der Waals surface area contributed by atoms with Gasteiger partial charge in [-0.1, -0.05) is 6.07 Å². The monoisotopic (exact) mass is 665 g/mol. The molecule has 0 saturated carbocycles. The molecule has 5 N–H and O–H groups in total. The molecule has 1 heterocycles. The third-order valence-corrected chi connectivity index (χ3v) is 6.46. The van der Waals surface area contributed by atoms with E-state index in [-0.39, 0.29) is 11.1 Å². The first kappa shape index (κ1) is 31.7. The van der Waals surface area contributed by atoms with Crippen LogP contribution in [-0.2, 0) is 59.4 Å². The molecule has 1 amide bonds. The van der Waals surface area contributed by atoms with Crippen LogP contribution in [0.1, 0.15) is 21.5 Å². The number of fused-ring (bicyclic) bond motifs is 1. The van der Waals surface area contributed by atoms with Crippen LogP contribution in [0.2, 0.25) is 0 Å². The second-order valence-electron chi connectivity index (χ2n) is 7.77. The molecule has 0 radical (unpaired) electrons. The van der Waals surface area contributed by atoms with E-state index in [0.717, 1.165) is 12.1 Å². The summed E-state index contributed by atoms with van der Waals surface area (Å²) < 4.78 is 142. The average Bonchev–Trinajstić information content (AvgIpc) is 2.75. The van der Waals surface area contributed by atoms with Crippen molar-refractivity contribution in [1.29, 1.82) is 0 Å². The van der Waals surface area contributed by atoms with Crippen molar-refractivity contribution < 1.29 is 83.3 Å². The quantitative estimate of drug-likeness (QED) is 0.191. The molecule has 226 valence electrons. The molecule has 0 saturated heterocycles. The van der Waals surface area contributed by atoms with Gasteiger partial charge in [-0.05, 0) is 35.4 Å². The molecule has 0 fully saturated rings. The summed E-state index contributed by atoms with van der Waals surface area (Å²) in [7, 11) is -21.7. The molecule has 1 unspecified atom stereocenters. The van der Waals surface area contributed by atoms with Gasteiger partial charge < -0.3 is 26.7 Å². The van der Waals surface area contributed by atoms with E-state index in [4.69, 9.17) is 18.2 Å². The molecule has 1 atom stereocenters. The van der Waals surface area contributed by atoms with E-state index in [0.29, 0.717) is 17.0 Å².